The van der Waals surface area contributed by atoms with Crippen molar-refractivity contribution < 1.29 is 4.74 Å². The Labute approximate surface area is 149 Å². The van der Waals surface area contributed by atoms with Crippen LogP contribution in [-0.4, -0.2) is 16.9 Å². The molecule has 0 aliphatic carbocycles. The molecule has 0 fully saturated rings. The third kappa shape index (κ3) is 3.91. The molecule has 4 heteroatoms. The summed E-state index contributed by atoms with van der Waals surface area (Å²) in [5, 5.41) is 8.38. The standard InChI is InChI=1S/C21H25N3O/c1-15-9-8-12-19(13-15)24-21(25-4)14-20(23-24)17(3)22-16(2)18-10-6-5-7-11-18/h5-14,16-17,22H,1-4H3/t16-,17?/m1/s1. The quantitative estimate of drug-likeness (QED) is 0.715. The van der Waals surface area contributed by atoms with Crippen LogP contribution in [0.15, 0.2) is 60.7 Å². The van der Waals surface area contributed by atoms with E-state index in [2.05, 4.69) is 62.5 Å². The summed E-state index contributed by atoms with van der Waals surface area (Å²) in [7, 11) is 1.68. The Morgan fingerprint density at radius 1 is 0.960 bits per heavy atom. The summed E-state index contributed by atoms with van der Waals surface area (Å²) in [6.45, 7) is 6.37. The molecule has 0 bridgehead atoms. The molecule has 0 saturated carbocycles. The zero-order valence-corrected chi connectivity index (χ0v) is 15.2. The summed E-state index contributed by atoms with van der Waals surface area (Å²) in [6, 6.07) is 21.0. The molecule has 25 heavy (non-hydrogen) atoms. The first-order chi connectivity index (χ1) is 12.1. The maximum absolute atomic E-state index is 5.53. The highest BCUT2D eigenvalue weighted by atomic mass is 16.5. The van der Waals surface area contributed by atoms with Crippen molar-refractivity contribution in [1.29, 1.82) is 0 Å². The maximum Gasteiger partial charge on any atom is 0.216 e. The van der Waals surface area contributed by atoms with Crippen molar-refractivity contribution in [2.24, 2.45) is 0 Å². The van der Waals surface area contributed by atoms with E-state index in [1.54, 1.807) is 7.11 Å². The SMILES string of the molecule is COc1cc(C(C)N[C@H](C)c2ccccc2)nn1-c1cccc(C)c1. The molecule has 1 unspecified atom stereocenters. The maximum atomic E-state index is 5.53. The van der Waals surface area contributed by atoms with Crippen LogP contribution in [0.25, 0.3) is 5.69 Å². The van der Waals surface area contributed by atoms with Crippen LogP contribution in [0, 0.1) is 6.92 Å². The molecule has 0 amide bonds. The van der Waals surface area contributed by atoms with Gasteiger partial charge in [0.25, 0.3) is 0 Å². The number of nitrogens with one attached hydrogen (secondary N) is 1. The van der Waals surface area contributed by atoms with Crippen molar-refractivity contribution in [2.45, 2.75) is 32.9 Å². The Bertz CT molecular complexity index is 826. The van der Waals surface area contributed by atoms with Gasteiger partial charge in [-0.1, -0.05) is 42.5 Å². The predicted molar refractivity (Wildman–Crippen MR) is 101 cm³/mol. The van der Waals surface area contributed by atoms with Gasteiger partial charge in [0, 0.05) is 18.2 Å². The van der Waals surface area contributed by atoms with Crippen molar-refractivity contribution in [3.05, 3.63) is 77.5 Å². The van der Waals surface area contributed by atoms with E-state index in [9.17, 15) is 0 Å². The summed E-state index contributed by atoms with van der Waals surface area (Å²) in [6.07, 6.45) is 0. The minimum atomic E-state index is 0.107. The van der Waals surface area contributed by atoms with Gasteiger partial charge in [0.05, 0.1) is 18.5 Å². The Kier molecular flexibility index (Phi) is 5.19. The normalized spacial score (nSPS) is 13.4. The Morgan fingerprint density at radius 3 is 2.40 bits per heavy atom. The van der Waals surface area contributed by atoms with Crippen LogP contribution < -0.4 is 10.1 Å². The van der Waals surface area contributed by atoms with Crippen LogP contribution in [0.2, 0.25) is 0 Å². The van der Waals surface area contributed by atoms with E-state index in [0.29, 0.717) is 0 Å². The lowest BCUT2D eigenvalue weighted by atomic mass is 10.1. The molecular formula is C21H25N3O. The molecule has 4 nitrogen and oxygen atoms in total. The van der Waals surface area contributed by atoms with E-state index in [4.69, 9.17) is 9.84 Å². The Morgan fingerprint density at radius 2 is 1.72 bits per heavy atom. The van der Waals surface area contributed by atoms with Gasteiger partial charge in [-0.2, -0.15) is 5.10 Å². The molecule has 130 valence electrons. The highest BCUT2D eigenvalue weighted by Crippen LogP contribution is 2.25. The van der Waals surface area contributed by atoms with Crippen LogP contribution in [0.1, 0.15) is 42.8 Å². The van der Waals surface area contributed by atoms with E-state index in [1.165, 1.54) is 11.1 Å². The fourth-order valence-corrected chi connectivity index (χ4v) is 2.98. The minimum Gasteiger partial charge on any atom is -0.481 e. The number of nitrogens with zero attached hydrogens (tertiary/aromatic N) is 2. The van der Waals surface area contributed by atoms with Crippen LogP contribution >= 0.6 is 0 Å². The van der Waals surface area contributed by atoms with Gasteiger partial charge >= 0.3 is 0 Å². The van der Waals surface area contributed by atoms with Crippen molar-refractivity contribution in [3.8, 4) is 11.6 Å². The molecule has 3 rings (SSSR count). The minimum absolute atomic E-state index is 0.107. The first kappa shape index (κ1) is 17.2. The zero-order valence-electron chi connectivity index (χ0n) is 15.2. The van der Waals surface area contributed by atoms with Gasteiger partial charge in [-0.3, -0.25) is 0 Å². The number of hydrogen-bond donors (Lipinski definition) is 1. The number of methoxy groups -OCH3 is 1. The van der Waals surface area contributed by atoms with Gasteiger partial charge in [-0.15, -0.1) is 0 Å². The van der Waals surface area contributed by atoms with Gasteiger partial charge in [0.1, 0.15) is 0 Å². The van der Waals surface area contributed by atoms with Crippen molar-refractivity contribution in [2.75, 3.05) is 7.11 Å². The first-order valence-electron chi connectivity index (χ1n) is 8.60. The largest absolute Gasteiger partial charge is 0.481 e. The van der Waals surface area contributed by atoms with E-state index < -0.39 is 0 Å². The fourth-order valence-electron chi connectivity index (χ4n) is 2.98. The number of aromatic nitrogens is 2. The average Bonchev–Trinajstić information content (AvgIpc) is 3.07. The lowest BCUT2D eigenvalue weighted by Crippen LogP contribution is -2.22. The van der Waals surface area contributed by atoms with Gasteiger partial charge in [0.15, 0.2) is 0 Å². The third-order valence-corrected chi connectivity index (χ3v) is 4.39. The second-order valence-electron chi connectivity index (χ2n) is 6.38. The summed E-state index contributed by atoms with van der Waals surface area (Å²) < 4.78 is 7.39. The molecule has 1 aromatic heterocycles. The van der Waals surface area contributed by atoms with E-state index in [0.717, 1.165) is 17.3 Å². The number of aryl methyl sites for hydroxylation is 1. The van der Waals surface area contributed by atoms with Crippen molar-refractivity contribution in [3.63, 3.8) is 0 Å². The second kappa shape index (κ2) is 7.53. The third-order valence-electron chi connectivity index (χ3n) is 4.39. The number of hydrogen-bond acceptors (Lipinski definition) is 3. The summed E-state index contributed by atoms with van der Waals surface area (Å²) >= 11 is 0. The lowest BCUT2D eigenvalue weighted by Gasteiger charge is -2.19. The van der Waals surface area contributed by atoms with Crippen LogP contribution in [0.4, 0.5) is 0 Å². The molecule has 0 spiro atoms. The summed E-state index contributed by atoms with van der Waals surface area (Å²) in [5.74, 6) is 0.738. The highest BCUT2D eigenvalue weighted by Gasteiger charge is 2.17. The molecule has 0 aliphatic heterocycles. The first-order valence-corrected chi connectivity index (χ1v) is 8.60. The summed E-state index contributed by atoms with van der Waals surface area (Å²) in [5.41, 5.74) is 4.42. The van der Waals surface area contributed by atoms with Crippen LogP contribution in [0.5, 0.6) is 5.88 Å². The molecule has 2 aromatic carbocycles. The van der Waals surface area contributed by atoms with E-state index in [1.807, 2.05) is 28.9 Å². The van der Waals surface area contributed by atoms with Crippen molar-refractivity contribution in [1.82, 2.24) is 15.1 Å². The monoisotopic (exact) mass is 335 g/mol. The van der Waals surface area contributed by atoms with E-state index in [-0.39, 0.29) is 12.1 Å². The summed E-state index contributed by atoms with van der Waals surface area (Å²) in [4.78, 5) is 0. The lowest BCUT2D eigenvalue weighted by molar-refractivity contribution is 0.383. The molecule has 2 atom stereocenters. The smallest absolute Gasteiger partial charge is 0.216 e. The van der Waals surface area contributed by atoms with Crippen LogP contribution in [0.3, 0.4) is 0 Å². The van der Waals surface area contributed by atoms with Crippen LogP contribution in [-0.2, 0) is 0 Å². The number of benzene rings is 2. The molecule has 0 radical (unpaired) electrons. The predicted octanol–water partition coefficient (Wildman–Crippen LogP) is 4.60. The molecule has 1 N–H and O–H groups in total. The Hall–Kier alpha value is -2.59. The molecule has 0 saturated heterocycles. The van der Waals surface area contributed by atoms with Gasteiger partial charge in [-0.05, 0) is 44.0 Å². The van der Waals surface area contributed by atoms with Crippen molar-refractivity contribution >= 4 is 0 Å². The second-order valence-corrected chi connectivity index (χ2v) is 6.38. The molecular weight excluding hydrogens is 310 g/mol. The fraction of sp³-hybridized carbons (Fsp3) is 0.286. The Balaban J connectivity index is 1.83. The highest BCUT2D eigenvalue weighted by molar-refractivity contribution is 5.39. The molecule has 0 aliphatic rings. The zero-order chi connectivity index (χ0) is 17.8. The van der Waals surface area contributed by atoms with Gasteiger partial charge in [0.2, 0.25) is 5.88 Å². The van der Waals surface area contributed by atoms with E-state index >= 15 is 0 Å². The molecule has 3 aromatic rings. The van der Waals surface area contributed by atoms with Gasteiger partial charge in [-0.25, -0.2) is 4.68 Å². The number of ether oxygens (including phenoxy) is 1. The topological polar surface area (TPSA) is 39.1 Å². The average molecular weight is 335 g/mol. The van der Waals surface area contributed by atoms with Gasteiger partial charge < -0.3 is 10.1 Å². The number of rotatable bonds is 6. The molecule has 1 heterocycles.